The fraction of sp³-hybridized carbons (Fsp3) is 0.529. The van der Waals surface area contributed by atoms with Crippen LogP contribution in [-0.2, 0) is 37.0 Å². The van der Waals surface area contributed by atoms with Crippen molar-refractivity contribution < 1.29 is 31.8 Å². The summed E-state index contributed by atoms with van der Waals surface area (Å²) >= 11 is 6.01. The molecule has 7 rings (SSSR count). The van der Waals surface area contributed by atoms with Crippen molar-refractivity contribution in [2.75, 3.05) is 51.0 Å². The maximum absolute atomic E-state index is 15.5. The number of hydrogen-bond acceptors (Lipinski definition) is 9. The molecule has 2 aromatic heterocycles. The van der Waals surface area contributed by atoms with Crippen LogP contribution in [0.3, 0.4) is 0 Å². The van der Waals surface area contributed by atoms with Crippen molar-refractivity contribution in [3.63, 3.8) is 0 Å². The van der Waals surface area contributed by atoms with Gasteiger partial charge in [-0.2, -0.15) is 28.2 Å². The third-order valence-corrected chi connectivity index (χ3v) is 10.6. The first kappa shape index (κ1) is 34.5. The van der Waals surface area contributed by atoms with E-state index in [-0.39, 0.29) is 30.5 Å². The number of halogens is 5. The van der Waals surface area contributed by atoms with Gasteiger partial charge >= 0.3 is 12.2 Å². The zero-order valence-corrected chi connectivity index (χ0v) is 28.9. The van der Waals surface area contributed by atoms with Gasteiger partial charge in [-0.05, 0) is 45.2 Å². The highest BCUT2D eigenvalue weighted by molar-refractivity contribution is 6.31. The molecule has 11 nitrogen and oxygen atoms in total. The predicted molar refractivity (Wildman–Crippen MR) is 178 cm³/mol. The number of aryl methyl sites for hydroxylation is 1. The molecule has 2 atom stereocenters. The van der Waals surface area contributed by atoms with E-state index in [2.05, 4.69) is 16.6 Å². The van der Waals surface area contributed by atoms with Crippen molar-refractivity contribution in [3.8, 4) is 6.01 Å². The molecule has 3 aromatic rings. The van der Waals surface area contributed by atoms with Crippen LogP contribution < -0.4 is 15.4 Å². The fourth-order valence-electron chi connectivity index (χ4n) is 7.88. The number of amides is 1. The molecule has 0 spiro atoms. The lowest BCUT2D eigenvalue weighted by Crippen LogP contribution is -2.43. The third-order valence-electron chi connectivity index (χ3n) is 10.3. The van der Waals surface area contributed by atoms with Crippen LogP contribution in [0.25, 0.3) is 0 Å². The van der Waals surface area contributed by atoms with Gasteiger partial charge in [0.1, 0.15) is 12.4 Å². The normalized spacial score (nSPS) is 22.3. The number of nitrogen functional groups attached to an aromatic ring is 1. The fourth-order valence-corrected chi connectivity index (χ4v) is 8.21. The summed E-state index contributed by atoms with van der Waals surface area (Å²) in [5.74, 6) is -0.940. The zero-order valence-electron chi connectivity index (χ0n) is 28.2. The van der Waals surface area contributed by atoms with Gasteiger partial charge in [0.05, 0.1) is 52.5 Å². The van der Waals surface area contributed by atoms with Crippen molar-refractivity contribution >= 4 is 29.0 Å². The molecule has 2 N–H and O–H groups in total. The number of hydrogen-bond donors (Lipinski definition) is 1. The minimum absolute atomic E-state index is 0.0678. The lowest BCUT2D eigenvalue weighted by Gasteiger charge is -2.33. The first-order valence-corrected chi connectivity index (χ1v) is 17.0. The Bertz CT molecular complexity index is 1880. The van der Waals surface area contributed by atoms with Crippen molar-refractivity contribution in [1.82, 2.24) is 29.5 Å². The molecule has 268 valence electrons. The van der Waals surface area contributed by atoms with Gasteiger partial charge in [-0.1, -0.05) is 23.8 Å². The molecule has 16 heteroatoms. The van der Waals surface area contributed by atoms with Crippen molar-refractivity contribution in [1.29, 1.82) is 0 Å². The number of carbonyl (C=O) groups excluding carboxylic acids is 1. The van der Waals surface area contributed by atoms with E-state index in [1.54, 1.807) is 14.1 Å². The number of nitrogens with two attached hydrogens (primary N) is 1. The summed E-state index contributed by atoms with van der Waals surface area (Å²) in [4.78, 5) is 28.4. The van der Waals surface area contributed by atoms with Crippen LogP contribution in [-0.4, -0.2) is 81.3 Å². The van der Waals surface area contributed by atoms with E-state index in [0.717, 1.165) is 55.2 Å². The minimum Gasteiger partial charge on any atom is -0.461 e. The zero-order chi connectivity index (χ0) is 35.7. The molecule has 1 aromatic carbocycles. The molecule has 50 heavy (non-hydrogen) atoms. The summed E-state index contributed by atoms with van der Waals surface area (Å²) in [6.45, 7) is 9.38. The molecule has 2 fully saturated rings. The number of carbonyl (C=O) groups is 1. The Hall–Kier alpha value is -3.95. The molecule has 0 unspecified atom stereocenters. The molecule has 4 aliphatic rings. The first-order valence-electron chi connectivity index (χ1n) is 16.6. The Balaban J connectivity index is 1.28. The van der Waals surface area contributed by atoms with Gasteiger partial charge < -0.3 is 25.0 Å². The molecule has 4 aliphatic heterocycles. The Labute approximate surface area is 292 Å². The molecule has 0 aliphatic carbocycles. The van der Waals surface area contributed by atoms with E-state index in [1.165, 1.54) is 4.90 Å². The quantitative estimate of drug-likeness (QED) is 0.201. The molecule has 0 radical (unpaired) electrons. The minimum atomic E-state index is -4.97. The molecule has 0 saturated carbocycles. The number of aromatic nitrogens is 4. The van der Waals surface area contributed by atoms with Crippen LogP contribution in [0.4, 0.5) is 29.1 Å². The van der Waals surface area contributed by atoms with E-state index in [9.17, 15) is 18.0 Å². The maximum atomic E-state index is 15.5. The molecule has 0 bridgehead atoms. The number of alkyl halides is 3. The van der Waals surface area contributed by atoms with Gasteiger partial charge in [-0.15, -0.1) is 0 Å². The lowest BCUT2D eigenvalue weighted by molar-refractivity contribution is -0.140. The highest BCUT2D eigenvalue weighted by Crippen LogP contribution is 2.46. The highest BCUT2D eigenvalue weighted by atomic mass is 35.5. The number of benzene rings is 1. The Kier molecular flexibility index (Phi) is 8.74. The van der Waals surface area contributed by atoms with Gasteiger partial charge in [-0.3, -0.25) is 14.4 Å². The van der Waals surface area contributed by atoms with E-state index in [1.807, 2.05) is 16.5 Å². The van der Waals surface area contributed by atoms with E-state index >= 15 is 4.39 Å². The van der Waals surface area contributed by atoms with Gasteiger partial charge in [0.25, 0.3) is 5.91 Å². The number of rotatable bonds is 6. The van der Waals surface area contributed by atoms with E-state index in [0.29, 0.717) is 55.4 Å². The number of ether oxygens (including phenoxy) is 2. The van der Waals surface area contributed by atoms with Crippen molar-refractivity contribution in [3.05, 3.63) is 68.4 Å². The largest absolute Gasteiger partial charge is 0.461 e. The van der Waals surface area contributed by atoms with Crippen LogP contribution in [0.5, 0.6) is 6.01 Å². The molecule has 2 saturated heterocycles. The SMILES string of the molecule is C=C1CN2CCC[C@@]2(COc2nc3c(c(N4CCCn5nc(C(=O)N(C)C)c(C)c5C4)n2)CO[C@@H](c2c(F)c(N)cc(Cl)c2C(F)(F)F)C3)C1. The summed E-state index contributed by atoms with van der Waals surface area (Å²) in [5, 5.41) is 3.91. The van der Waals surface area contributed by atoms with E-state index in [4.69, 9.17) is 36.8 Å². The highest BCUT2D eigenvalue weighted by Gasteiger charge is 2.47. The second kappa shape index (κ2) is 12.7. The molecular formula is C34H39ClF4N8O3. The van der Waals surface area contributed by atoms with E-state index < -0.39 is 39.9 Å². The van der Waals surface area contributed by atoms with Gasteiger partial charge in [0.15, 0.2) is 11.5 Å². The predicted octanol–water partition coefficient (Wildman–Crippen LogP) is 5.47. The second-order valence-corrected chi connectivity index (χ2v) is 14.3. The number of nitrogens with zero attached hydrogens (tertiary/aromatic N) is 7. The number of fused-ring (bicyclic) bond motifs is 3. The van der Waals surface area contributed by atoms with Gasteiger partial charge in [-0.25, -0.2) is 4.39 Å². The van der Waals surface area contributed by atoms with Crippen LogP contribution in [0, 0.1) is 12.7 Å². The Morgan fingerprint density at radius 3 is 2.74 bits per heavy atom. The summed E-state index contributed by atoms with van der Waals surface area (Å²) < 4.78 is 72.5. The Morgan fingerprint density at radius 2 is 2.00 bits per heavy atom. The summed E-state index contributed by atoms with van der Waals surface area (Å²) in [5.41, 5.74) is 6.96. The van der Waals surface area contributed by atoms with Crippen LogP contribution in [0.15, 0.2) is 18.2 Å². The van der Waals surface area contributed by atoms with Gasteiger partial charge in [0.2, 0.25) is 0 Å². The second-order valence-electron chi connectivity index (χ2n) is 13.9. The summed E-state index contributed by atoms with van der Waals surface area (Å²) in [6, 6.07) is 0.831. The third kappa shape index (κ3) is 5.96. The molecule has 6 heterocycles. The van der Waals surface area contributed by atoms with Crippen LogP contribution in [0.1, 0.15) is 75.9 Å². The van der Waals surface area contributed by atoms with Crippen molar-refractivity contribution in [2.45, 2.75) is 76.5 Å². The summed E-state index contributed by atoms with van der Waals surface area (Å²) in [6.07, 6.45) is -3.14. The van der Waals surface area contributed by atoms with Crippen molar-refractivity contribution in [2.24, 2.45) is 0 Å². The first-order chi connectivity index (χ1) is 23.7. The topological polar surface area (TPSA) is 115 Å². The average Bonchev–Trinajstić information content (AvgIpc) is 3.62. The van der Waals surface area contributed by atoms with Gasteiger partial charge in [0, 0.05) is 56.8 Å². The molecular weight excluding hydrogens is 680 g/mol. The molecule has 1 amide bonds. The maximum Gasteiger partial charge on any atom is 0.418 e. The van der Waals surface area contributed by atoms with Crippen LogP contribution in [0.2, 0.25) is 5.02 Å². The van der Waals surface area contributed by atoms with Crippen LogP contribution >= 0.6 is 11.6 Å². The summed E-state index contributed by atoms with van der Waals surface area (Å²) in [7, 11) is 3.35. The monoisotopic (exact) mass is 718 g/mol. The average molecular weight is 719 g/mol. The standard InChI is InChI=1S/C34H39ClF4N8O3/c1-18-13-33(7-5-9-46(33)14-18)17-50-32-41-23-12-25(26-27(34(37,38)39)21(35)11-22(40)28(26)36)49-16-20(23)30(42-32)45-8-6-10-47-24(15-45)19(2)29(43-47)31(48)44(3)4/h11,25H,1,5-10,12-17,40H2,2-4H3/t25-,33+/m1/s1. The number of anilines is 2. The smallest absolute Gasteiger partial charge is 0.418 e. The lowest BCUT2D eigenvalue weighted by atomic mass is 9.93. The Morgan fingerprint density at radius 1 is 1.22 bits per heavy atom.